The number of nitrogens with one attached hydrogen (secondary N) is 1. The van der Waals surface area contributed by atoms with E-state index in [2.05, 4.69) is 32.3 Å². The van der Waals surface area contributed by atoms with Crippen LogP contribution in [-0.2, 0) is 0 Å². The molecule has 0 saturated carbocycles. The Morgan fingerprint density at radius 1 is 1.06 bits per heavy atom. The van der Waals surface area contributed by atoms with Crippen LogP contribution in [0.2, 0.25) is 0 Å². The van der Waals surface area contributed by atoms with E-state index >= 15 is 0 Å². The first kappa shape index (κ1) is 20.8. The SMILES string of the molecule is COc1ccc(-c2ccccc2)c2sc(NC(=O)c3ccc(N4CCSCC4)nc3)nc12. The van der Waals surface area contributed by atoms with Crippen molar-refractivity contribution < 1.29 is 9.53 Å². The average Bonchev–Trinajstić information content (AvgIpc) is 3.28. The molecule has 1 amide bonds. The van der Waals surface area contributed by atoms with E-state index in [4.69, 9.17) is 4.74 Å². The average molecular weight is 463 g/mol. The number of thioether (sulfide) groups is 1. The van der Waals surface area contributed by atoms with Gasteiger partial charge in [0.25, 0.3) is 5.91 Å². The van der Waals surface area contributed by atoms with Gasteiger partial charge < -0.3 is 9.64 Å². The summed E-state index contributed by atoms with van der Waals surface area (Å²) in [5.74, 6) is 3.59. The standard InChI is InChI=1S/C24H22N4O2S2/c1-30-19-9-8-18(16-5-3-2-4-6-16)22-21(19)26-24(32-22)27-23(29)17-7-10-20(25-15-17)28-11-13-31-14-12-28/h2-10,15H,11-14H2,1H3,(H,26,27,29). The Morgan fingerprint density at radius 3 is 2.59 bits per heavy atom. The summed E-state index contributed by atoms with van der Waals surface area (Å²) in [7, 11) is 1.63. The lowest BCUT2D eigenvalue weighted by Crippen LogP contribution is -2.33. The second-order valence-electron chi connectivity index (χ2n) is 7.34. The first-order chi connectivity index (χ1) is 15.7. The zero-order valence-electron chi connectivity index (χ0n) is 17.6. The first-order valence-electron chi connectivity index (χ1n) is 10.4. The Bertz CT molecular complexity index is 1240. The number of anilines is 2. The van der Waals surface area contributed by atoms with Gasteiger partial charge in [-0.3, -0.25) is 10.1 Å². The highest BCUT2D eigenvalue weighted by atomic mass is 32.2. The maximum atomic E-state index is 12.9. The third kappa shape index (κ3) is 4.16. The summed E-state index contributed by atoms with van der Waals surface area (Å²) < 4.78 is 6.48. The molecular formula is C24H22N4O2S2. The molecule has 2 aromatic carbocycles. The van der Waals surface area contributed by atoms with Gasteiger partial charge in [-0.1, -0.05) is 41.7 Å². The number of amides is 1. The number of hydrogen-bond acceptors (Lipinski definition) is 7. The van der Waals surface area contributed by atoms with E-state index in [1.54, 1.807) is 13.3 Å². The largest absolute Gasteiger partial charge is 0.494 e. The number of pyridine rings is 1. The van der Waals surface area contributed by atoms with E-state index in [1.807, 2.05) is 54.2 Å². The van der Waals surface area contributed by atoms with Crippen molar-refractivity contribution in [3.63, 3.8) is 0 Å². The Kier molecular flexibility index (Phi) is 5.96. The number of hydrogen-bond donors (Lipinski definition) is 1. The fourth-order valence-corrected chi connectivity index (χ4v) is 5.63. The molecule has 5 rings (SSSR count). The van der Waals surface area contributed by atoms with Crippen molar-refractivity contribution in [3.8, 4) is 16.9 Å². The maximum Gasteiger partial charge on any atom is 0.259 e. The van der Waals surface area contributed by atoms with Gasteiger partial charge in [0.05, 0.1) is 17.4 Å². The molecule has 8 heteroatoms. The molecule has 0 unspecified atom stereocenters. The van der Waals surface area contributed by atoms with Gasteiger partial charge in [-0.2, -0.15) is 11.8 Å². The number of nitrogens with zero attached hydrogens (tertiary/aromatic N) is 3. The molecule has 1 fully saturated rings. The molecule has 1 aliphatic heterocycles. The Morgan fingerprint density at radius 2 is 1.88 bits per heavy atom. The number of aromatic nitrogens is 2. The predicted octanol–water partition coefficient (Wildman–Crippen LogP) is 5.17. The van der Waals surface area contributed by atoms with Crippen molar-refractivity contribution in [3.05, 3.63) is 66.4 Å². The van der Waals surface area contributed by atoms with E-state index in [9.17, 15) is 4.79 Å². The summed E-state index contributed by atoms with van der Waals surface area (Å²) in [6, 6.07) is 17.8. The number of thiazole rings is 1. The number of methoxy groups -OCH3 is 1. The van der Waals surface area contributed by atoms with Crippen molar-refractivity contribution in [2.24, 2.45) is 0 Å². The lowest BCUT2D eigenvalue weighted by atomic mass is 10.1. The van der Waals surface area contributed by atoms with Gasteiger partial charge in [0.2, 0.25) is 0 Å². The van der Waals surface area contributed by atoms with Gasteiger partial charge in [-0.05, 0) is 29.8 Å². The molecule has 0 bridgehead atoms. The zero-order valence-corrected chi connectivity index (χ0v) is 19.2. The third-order valence-corrected chi connectivity index (χ3v) is 7.32. The lowest BCUT2D eigenvalue weighted by molar-refractivity contribution is 0.102. The molecule has 1 saturated heterocycles. The topological polar surface area (TPSA) is 67.3 Å². The summed E-state index contributed by atoms with van der Waals surface area (Å²) >= 11 is 3.40. The molecule has 162 valence electrons. The monoisotopic (exact) mass is 462 g/mol. The van der Waals surface area contributed by atoms with Gasteiger partial charge in [-0.15, -0.1) is 0 Å². The Labute approximate surface area is 194 Å². The van der Waals surface area contributed by atoms with Gasteiger partial charge in [0.1, 0.15) is 17.1 Å². The van der Waals surface area contributed by atoms with Crippen LogP contribution in [0.15, 0.2) is 60.8 Å². The van der Waals surface area contributed by atoms with E-state index in [-0.39, 0.29) is 5.91 Å². The van der Waals surface area contributed by atoms with Crippen LogP contribution in [0.3, 0.4) is 0 Å². The summed E-state index contributed by atoms with van der Waals surface area (Å²) in [5, 5.41) is 3.46. The quantitative estimate of drug-likeness (QED) is 0.441. The van der Waals surface area contributed by atoms with Crippen molar-refractivity contribution in [1.29, 1.82) is 0 Å². The minimum Gasteiger partial charge on any atom is -0.494 e. The van der Waals surface area contributed by atoms with Crippen LogP contribution in [0, 0.1) is 0 Å². The normalized spacial score (nSPS) is 13.8. The van der Waals surface area contributed by atoms with Crippen LogP contribution in [0.1, 0.15) is 10.4 Å². The van der Waals surface area contributed by atoms with E-state index in [0.717, 1.165) is 51.8 Å². The molecule has 0 atom stereocenters. The highest BCUT2D eigenvalue weighted by Crippen LogP contribution is 2.39. The second kappa shape index (κ2) is 9.18. The molecule has 0 aliphatic carbocycles. The number of carbonyl (C=O) groups excluding carboxylic acids is 1. The Hall–Kier alpha value is -3.10. The van der Waals surface area contributed by atoms with Gasteiger partial charge >= 0.3 is 0 Å². The van der Waals surface area contributed by atoms with E-state index < -0.39 is 0 Å². The molecule has 3 heterocycles. The van der Waals surface area contributed by atoms with Gasteiger partial charge in [0.15, 0.2) is 5.13 Å². The lowest BCUT2D eigenvalue weighted by Gasteiger charge is -2.27. The molecule has 0 radical (unpaired) electrons. The number of fused-ring (bicyclic) bond motifs is 1. The van der Waals surface area contributed by atoms with E-state index in [0.29, 0.717) is 16.4 Å². The number of ether oxygens (including phenoxy) is 1. The van der Waals surface area contributed by atoms with Crippen molar-refractivity contribution in [1.82, 2.24) is 9.97 Å². The molecule has 0 spiro atoms. The molecule has 4 aromatic rings. The van der Waals surface area contributed by atoms with Crippen LogP contribution >= 0.6 is 23.1 Å². The van der Waals surface area contributed by atoms with E-state index in [1.165, 1.54) is 11.3 Å². The molecule has 32 heavy (non-hydrogen) atoms. The fourth-order valence-electron chi connectivity index (χ4n) is 3.72. The van der Waals surface area contributed by atoms with Crippen molar-refractivity contribution in [2.45, 2.75) is 0 Å². The third-order valence-electron chi connectivity index (χ3n) is 5.38. The molecule has 6 nitrogen and oxygen atoms in total. The predicted molar refractivity (Wildman–Crippen MR) is 133 cm³/mol. The van der Waals surface area contributed by atoms with Crippen molar-refractivity contribution >= 4 is 50.2 Å². The molecular weight excluding hydrogens is 440 g/mol. The number of rotatable bonds is 5. The Balaban J connectivity index is 1.40. The minimum atomic E-state index is -0.225. The summed E-state index contributed by atoms with van der Waals surface area (Å²) in [6.45, 7) is 1.97. The molecule has 2 aromatic heterocycles. The smallest absolute Gasteiger partial charge is 0.259 e. The molecule has 1 N–H and O–H groups in total. The molecule has 1 aliphatic rings. The van der Waals surface area contributed by atoms with Crippen LogP contribution in [0.4, 0.5) is 10.9 Å². The van der Waals surface area contributed by atoms with Gasteiger partial charge in [0, 0.05) is 36.4 Å². The van der Waals surface area contributed by atoms with Crippen molar-refractivity contribution in [2.75, 3.05) is 41.9 Å². The van der Waals surface area contributed by atoms with Crippen LogP contribution in [0.25, 0.3) is 21.3 Å². The second-order valence-corrected chi connectivity index (χ2v) is 9.56. The highest BCUT2D eigenvalue weighted by Gasteiger charge is 2.17. The van der Waals surface area contributed by atoms with Gasteiger partial charge in [-0.25, -0.2) is 9.97 Å². The summed E-state index contributed by atoms with van der Waals surface area (Å²) in [6.07, 6.45) is 1.63. The highest BCUT2D eigenvalue weighted by molar-refractivity contribution is 7.99. The number of carbonyl (C=O) groups is 1. The van der Waals surface area contributed by atoms with Crippen LogP contribution < -0.4 is 15.0 Å². The summed E-state index contributed by atoms with van der Waals surface area (Å²) in [5.41, 5.74) is 3.41. The van der Waals surface area contributed by atoms with Crippen LogP contribution in [0.5, 0.6) is 5.75 Å². The first-order valence-corrected chi connectivity index (χ1v) is 12.3. The maximum absolute atomic E-state index is 12.9. The minimum absolute atomic E-state index is 0.225. The fraction of sp³-hybridized carbons (Fsp3) is 0.208. The van der Waals surface area contributed by atoms with Crippen LogP contribution in [-0.4, -0.2) is 47.6 Å². The number of benzene rings is 2. The summed E-state index contributed by atoms with van der Waals surface area (Å²) in [4.78, 5) is 24.3. The zero-order chi connectivity index (χ0) is 21.9.